The Balaban J connectivity index is 1.39. The number of piperidine rings is 1. The Hall–Kier alpha value is -4.59. The van der Waals surface area contributed by atoms with Crippen molar-refractivity contribution in [2.45, 2.75) is 51.0 Å². The Kier molecular flexibility index (Phi) is 7.69. The van der Waals surface area contributed by atoms with Gasteiger partial charge in [0.1, 0.15) is 17.7 Å². The van der Waals surface area contributed by atoms with Crippen molar-refractivity contribution >= 4 is 28.7 Å². The second kappa shape index (κ2) is 11.6. The first-order valence-corrected chi connectivity index (χ1v) is 14.8. The molecule has 6 rings (SSSR count). The predicted octanol–water partition coefficient (Wildman–Crippen LogP) is 6.52. The van der Waals surface area contributed by atoms with Gasteiger partial charge in [0.05, 0.1) is 20.1 Å². The number of ether oxygens (including phenoxy) is 3. The number of aromatic nitrogens is 1. The molecular weight excluding hydrogens is 542 g/mol. The molecular formula is C35H37N3O5. The summed E-state index contributed by atoms with van der Waals surface area (Å²) in [4.78, 5) is 30.7. The van der Waals surface area contributed by atoms with Crippen LogP contribution < -0.4 is 10.5 Å². The zero-order valence-corrected chi connectivity index (χ0v) is 24.9. The van der Waals surface area contributed by atoms with Crippen LogP contribution in [0.4, 0.5) is 10.6 Å². The van der Waals surface area contributed by atoms with Crippen molar-refractivity contribution in [3.8, 4) is 16.9 Å². The van der Waals surface area contributed by atoms with Gasteiger partial charge in [-0.1, -0.05) is 36.4 Å². The summed E-state index contributed by atoms with van der Waals surface area (Å²) >= 11 is 0. The fourth-order valence-electron chi connectivity index (χ4n) is 6.70. The van der Waals surface area contributed by atoms with E-state index in [9.17, 15) is 9.59 Å². The topological polar surface area (TPSA) is 104 Å². The number of anilines is 1. The summed E-state index contributed by atoms with van der Waals surface area (Å²) in [6, 6.07) is 20.8. The number of hydrogen-bond acceptors (Lipinski definition) is 7. The van der Waals surface area contributed by atoms with E-state index < -0.39 is 0 Å². The summed E-state index contributed by atoms with van der Waals surface area (Å²) in [7, 11) is 1.43. The van der Waals surface area contributed by atoms with Crippen molar-refractivity contribution in [2.24, 2.45) is 0 Å². The number of pyridine rings is 1. The molecule has 1 atom stereocenters. The fraction of sp³-hybridized carbons (Fsp3) is 0.343. The van der Waals surface area contributed by atoms with Crippen molar-refractivity contribution in [3.63, 3.8) is 0 Å². The van der Waals surface area contributed by atoms with E-state index in [4.69, 9.17) is 19.9 Å². The van der Waals surface area contributed by atoms with Crippen LogP contribution in [0, 0.1) is 6.92 Å². The number of carbonyl (C=O) groups is 2. The van der Waals surface area contributed by atoms with Gasteiger partial charge >= 0.3 is 12.1 Å². The highest BCUT2D eigenvalue weighted by atomic mass is 16.5. The number of amides is 1. The number of esters is 1. The van der Waals surface area contributed by atoms with Crippen LogP contribution in [0.3, 0.4) is 0 Å². The Morgan fingerprint density at radius 2 is 1.79 bits per heavy atom. The van der Waals surface area contributed by atoms with Crippen LogP contribution in [0.5, 0.6) is 5.75 Å². The summed E-state index contributed by atoms with van der Waals surface area (Å²) in [5, 5.41) is 1.96. The molecule has 0 bridgehead atoms. The second-order valence-electron chi connectivity index (χ2n) is 11.6. The van der Waals surface area contributed by atoms with Gasteiger partial charge in [0.25, 0.3) is 0 Å². The molecule has 1 spiro atoms. The maximum atomic E-state index is 12.4. The average Bonchev–Trinajstić information content (AvgIpc) is 3.30. The van der Waals surface area contributed by atoms with E-state index in [0.29, 0.717) is 31.3 Å². The summed E-state index contributed by atoms with van der Waals surface area (Å²) in [5.41, 5.74) is 12.4. The molecule has 8 heteroatoms. The van der Waals surface area contributed by atoms with Gasteiger partial charge in [0.2, 0.25) is 0 Å². The Labute approximate surface area is 251 Å². The lowest BCUT2D eigenvalue weighted by Crippen LogP contribution is -2.44. The minimum atomic E-state index is -0.287. The number of aryl methyl sites for hydroxylation is 1. The van der Waals surface area contributed by atoms with E-state index in [-0.39, 0.29) is 30.0 Å². The standard InChI is InChI=1S/C35H37N3O5/c1-4-42-32(39)20-26-6-5-22(2)17-30(26)43-31-21-35(12-15-38(16-13-35)34(40)41-3)29-10-9-25(19-28(29)31)24-8-7-23-11-14-37-33(36)27(23)18-24/h5-11,14,17-19,31H,4,12-13,15-16,20-21H2,1-3H3,(H2,36,37). The molecule has 1 saturated heterocycles. The molecule has 2 heterocycles. The number of carbonyl (C=O) groups excluding carboxylic acids is 2. The van der Waals surface area contributed by atoms with Crippen LogP contribution in [0.15, 0.2) is 66.9 Å². The maximum Gasteiger partial charge on any atom is 0.409 e. The molecule has 2 N–H and O–H groups in total. The zero-order chi connectivity index (χ0) is 30.1. The van der Waals surface area contributed by atoms with Crippen LogP contribution in [0.2, 0.25) is 0 Å². The van der Waals surface area contributed by atoms with Gasteiger partial charge in [-0.05, 0) is 90.6 Å². The number of rotatable bonds is 6. The number of benzene rings is 3. The minimum Gasteiger partial charge on any atom is -0.485 e. The van der Waals surface area contributed by atoms with Crippen molar-refractivity contribution in [1.29, 1.82) is 0 Å². The first-order chi connectivity index (χ1) is 20.8. The summed E-state index contributed by atoms with van der Waals surface area (Å²) in [6.07, 6.45) is 3.77. The molecule has 1 aliphatic carbocycles. The Morgan fingerprint density at radius 1 is 1.02 bits per heavy atom. The van der Waals surface area contributed by atoms with Gasteiger partial charge in [-0.25, -0.2) is 9.78 Å². The molecule has 4 aromatic rings. The summed E-state index contributed by atoms with van der Waals surface area (Å²) in [5.74, 6) is 0.927. The molecule has 1 amide bonds. The largest absolute Gasteiger partial charge is 0.485 e. The number of nitrogens with zero attached hydrogens (tertiary/aromatic N) is 2. The molecule has 1 aliphatic heterocycles. The zero-order valence-electron chi connectivity index (χ0n) is 24.9. The lowest BCUT2D eigenvalue weighted by Gasteiger charge is -2.39. The van der Waals surface area contributed by atoms with Gasteiger partial charge < -0.3 is 24.8 Å². The van der Waals surface area contributed by atoms with E-state index in [0.717, 1.165) is 57.9 Å². The SMILES string of the molecule is CCOC(=O)Cc1ccc(C)cc1OC1CC2(CCN(C(=O)OC)CC2)c2ccc(-c3ccc4ccnc(N)c4c3)cc21. The van der Waals surface area contributed by atoms with Crippen LogP contribution in [-0.2, 0) is 26.1 Å². The third-order valence-corrected chi connectivity index (χ3v) is 8.96. The minimum absolute atomic E-state index is 0.133. The smallest absolute Gasteiger partial charge is 0.409 e. The van der Waals surface area contributed by atoms with Crippen molar-refractivity contribution in [2.75, 3.05) is 32.5 Å². The van der Waals surface area contributed by atoms with E-state index in [1.807, 2.05) is 38.1 Å². The summed E-state index contributed by atoms with van der Waals surface area (Å²) in [6.45, 7) is 5.41. The van der Waals surface area contributed by atoms with Crippen LogP contribution >= 0.6 is 0 Å². The van der Waals surface area contributed by atoms with Crippen molar-refractivity contribution in [3.05, 3.63) is 89.1 Å². The van der Waals surface area contributed by atoms with E-state index in [1.165, 1.54) is 12.7 Å². The molecule has 0 radical (unpaired) electrons. The van der Waals surface area contributed by atoms with Gasteiger partial charge in [-0.3, -0.25) is 4.79 Å². The highest BCUT2D eigenvalue weighted by Gasteiger charge is 2.47. The van der Waals surface area contributed by atoms with Crippen LogP contribution in [0.25, 0.3) is 21.9 Å². The molecule has 222 valence electrons. The molecule has 1 aromatic heterocycles. The van der Waals surface area contributed by atoms with E-state index >= 15 is 0 Å². The van der Waals surface area contributed by atoms with Gasteiger partial charge in [-0.2, -0.15) is 0 Å². The molecule has 1 unspecified atom stereocenters. The number of hydrogen-bond donors (Lipinski definition) is 1. The van der Waals surface area contributed by atoms with Crippen LogP contribution in [-0.4, -0.2) is 48.8 Å². The highest BCUT2D eigenvalue weighted by molar-refractivity contribution is 5.94. The van der Waals surface area contributed by atoms with Gasteiger partial charge in [0, 0.05) is 35.7 Å². The lowest BCUT2D eigenvalue weighted by molar-refractivity contribution is -0.142. The van der Waals surface area contributed by atoms with Crippen molar-refractivity contribution < 1.29 is 23.8 Å². The maximum absolute atomic E-state index is 12.4. The predicted molar refractivity (Wildman–Crippen MR) is 166 cm³/mol. The molecule has 8 nitrogen and oxygen atoms in total. The molecule has 0 saturated carbocycles. The quantitative estimate of drug-likeness (QED) is 0.259. The van der Waals surface area contributed by atoms with Gasteiger partial charge in [-0.15, -0.1) is 0 Å². The monoisotopic (exact) mass is 579 g/mol. The Morgan fingerprint density at radius 3 is 2.56 bits per heavy atom. The molecule has 43 heavy (non-hydrogen) atoms. The third-order valence-electron chi connectivity index (χ3n) is 8.96. The molecule has 1 fully saturated rings. The van der Waals surface area contributed by atoms with Gasteiger partial charge in [0.15, 0.2) is 0 Å². The normalized spacial score (nSPS) is 17.1. The number of fused-ring (bicyclic) bond motifs is 3. The fourth-order valence-corrected chi connectivity index (χ4v) is 6.70. The second-order valence-corrected chi connectivity index (χ2v) is 11.6. The molecule has 3 aromatic carbocycles. The number of likely N-dealkylation sites (tertiary alicyclic amines) is 1. The summed E-state index contributed by atoms with van der Waals surface area (Å²) < 4.78 is 17.1. The Bertz CT molecular complexity index is 1690. The third kappa shape index (κ3) is 5.49. The average molecular weight is 580 g/mol. The molecule has 2 aliphatic rings. The number of methoxy groups -OCH3 is 1. The van der Waals surface area contributed by atoms with E-state index in [2.05, 4.69) is 41.4 Å². The van der Waals surface area contributed by atoms with Crippen molar-refractivity contribution in [1.82, 2.24) is 9.88 Å². The number of nitrogen functional groups attached to an aromatic ring is 1. The number of nitrogens with two attached hydrogens (primary N) is 1. The van der Waals surface area contributed by atoms with Crippen LogP contribution in [0.1, 0.15) is 54.5 Å². The highest BCUT2D eigenvalue weighted by Crippen LogP contribution is 2.53. The first-order valence-electron chi connectivity index (χ1n) is 14.8. The lowest BCUT2D eigenvalue weighted by atomic mass is 9.73. The first kappa shape index (κ1) is 28.5. The van der Waals surface area contributed by atoms with E-state index in [1.54, 1.807) is 11.1 Å².